The van der Waals surface area contributed by atoms with Crippen LogP contribution in [0, 0.1) is 12.8 Å². The number of pyridine rings is 1. The quantitative estimate of drug-likeness (QED) is 0.218. The average molecular weight is 801 g/mol. The van der Waals surface area contributed by atoms with Crippen molar-refractivity contribution in [1.82, 2.24) is 20.1 Å². The number of carbonyl (C=O) groups is 3. The van der Waals surface area contributed by atoms with Crippen molar-refractivity contribution in [3.05, 3.63) is 86.0 Å². The van der Waals surface area contributed by atoms with Crippen LogP contribution in [-0.2, 0) is 27.4 Å². The first kappa shape index (κ1) is 39.8. The molecule has 0 spiro atoms. The third-order valence-electron chi connectivity index (χ3n) is 9.97. The van der Waals surface area contributed by atoms with E-state index in [0.29, 0.717) is 46.9 Å². The van der Waals surface area contributed by atoms with E-state index in [1.807, 2.05) is 69.1 Å². The van der Waals surface area contributed by atoms with E-state index in [9.17, 15) is 14.4 Å². The zero-order valence-electron chi connectivity index (χ0n) is 31.4. The fourth-order valence-electron chi connectivity index (χ4n) is 7.13. The van der Waals surface area contributed by atoms with Crippen LogP contribution < -0.4 is 15.0 Å². The van der Waals surface area contributed by atoms with Crippen molar-refractivity contribution in [2.24, 2.45) is 5.92 Å². The molecule has 54 heavy (non-hydrogen) atoms. The summed E-state index contributed by atoms with van der Waals surface area (Å²) >= 11 is 19.6. The highest BCUT2D eigenvalue weighted by atomic mass is 35.5. The first-order valence-electron chi connectivity index (χ1n) is 18.4. The lowest BCUT2D eigenvalue weighted by Crippen LogP contribution is -2.51. The van der Waals surface area contributed by atoms with Crippen LogP contribution in [-0.4, -0.2) is 83.9 Å². The Morgan fingerprint density at radius 1 is 0.944 bits per heavy atom. The molecule has 0 unspecified atom stereocenters. The number of halogens is 3. The Balaban J connectivity index is 1.20. The van der Waals surface area contributed by atoms with Gasteiger partial charge in [0.15, 0.2) is 5.75 Å². The molecule has 6 rings (SSSR count). The second kappa shape index (κ2) is 16.8. The number of hydrogen-bond donors (Lipinski definition) is 1. The van der Waals surface area contributed by atoms with E-state index in [-0.39, 0.29) is 37.1 Å². The maximum Gasteiger partial charge on any atom is 0.410 e. The zero-order valence-corrected chi connectivity index (χ0v) is 33.6. The number of amides is 3. The van der Waals surface area contributed by atoms with Gasteiger partial charge in [-0.25, -0.2) is 14.6 Å². The van der Waals surface area contributed by atoms with Crippen molar-refractivity contribution in [2.45, 2.75) is 90.2 Å². The summed E-state index contributed by atoms with van der Waals surface area (Å²) in [5.74, 6) is 0.553. The van der Waals surface area contributed by atoms with Crippen molar-refractivity contribution in [3.63, 3.8) is 0 Å². The Labute approximate surface area is 332 Å². The molecule has 0 radical (unpaired) electrons. The zero-order chi connectivity index (χ0) is 38.7. The number of carbonyl (C=O) groups excluding carboxylic acids is 3. The van der Waals surface area contributed by atoms with E-state index in [0.717, 1.165) is 53.9 Å². The smallest absolute Gasteiger partial charge is 0.410 e. The van der Waals surface area contributed by atoms with Crippen LogP contribution >= 0.6 is 34.8 Å². The number of aromatic nitrogens is 1. The van der Waals surface area contributed by atoms with Gasteiger partial charge in [0.2, 0.25) is 5.91 Å². The van der Waals surface area contributed by atoms with Crippen LogP contribution in [0.2, 0.25) is 15.1 Å². The van der Waals surface area contributed by atoms with E-state index in [1.165, 1.54) is 7.05 Å². The Kier molecular flexibility index (Phi) is 12.4. The summed E-state index contributed by atoms with van der Waals surface area (Å²) in [6.45, 7) is 9.84. The van der Waals surface area contributed by atoms with Crippen LogP contribution in [0.5, 0.6) is 5.75 Å². The highest BCUT2D eigenvalue weighted by molar-refractivity contribution is 6.37. The van der Waals surface area contributed by atoms with Gasteiger partial charge >= 0.3 is 12.2 Å². The molecule has 3 aromatic rings. The minimum atomic E-state index is -0.672. The van der Waals surface area contributed by atoms with Crippen molar-refractivity contribution in [1.29, 1.82) is 0 Å². The number of anilines is 1. The van der Waals surface area contributed by atoms with Gasteiger partial charge in [0.05, 0.1) is 22.5 Å². The lowest BCUT2D eigenvalue weighted by atomic mass is 9.80. The predicted molar refractivity (Wildman–Crippen MR) is 210 cm³/mol. The molecule has 0 bridgehead atoms. The third kappa shape index (κ3) is 9.83. The van der Waals surface area contributed by atoms with Gasteiger partial charge in [0, 0.05) is 62.8 Å². The lowest BCUT2D eigenvalue weighted by Gasteiger charge is -2.40. The third-order valence-corrected chi connectivity index (χ3v) is 10.9. The summed E-state index contributed by atoms with van der Waals surface area (Å²) < 4.78 is 17.2. The van der Waals surface area contributed by atoms with E-state index < -0.39 is 23.7 Å². The maximum absolute atomic E-state index is 14.8. The van der Waals surface area contributed by atoms with Gasteiger partial charge in [-0.2, -0.15) is 0 Å². The number of hydrogen-bond acceptors (Lipinski definition) is 8. The van der Waals surface area contributed by atoms with Gasteiger partial charge in [-0.1, -0.05) is 46.9 Å². The highest BCUT2D eigenvalue weighted by Gasteiger charge is 2.43. The maximum atomic E-state index is 14.8. The molecule has 290 valence electrons. The molecular weight excluding hydrogens is 753 g/mol. The second-order valence-electron chi connectivity index (χ2n) is 15.4. The molecule has 3 amide bonds. The number of nitrogens with one attached hydrogen (secondary N) is 1. The van der Waals surface area contributed by atoms with E-state index in [4.69, 9.17) is 54.0 Å². The summed E-state index contributed by atoms with van der Waals surface area (Å²) in [4.78, 5) is 50.4. The molecule has 1 aromatic heterocycles. The Hall–Kier alpha value is -3.93. The van der Waals surface area contributed by atoms with E-state index in [2.05, 4.69) is 10.2 Å². The summed E-state index contributed by atoms with van der Waals surface area (Å²) in [5.41, 5.74) is 2.76. The summed E-state index contributed by atoms with van der Waals surface area (Å²) in [6.07, 6.45) is 3.91. The van der Waals surface area contributed by atoms with E-state index >= 15 is 0 Å². The molecular formula is C40H48Cl3N5O6. The first-order chi connectivity index (χ1) is 25.7. The molecule has 11 nitrogen and oxygen atoms in total. The number of benzene rings is 2. The fraction of sp³-hybridized carbons (Fsp3) is 0.500. The standard InChI is InChI=1S/C40H48Cl3N5O6/c1-24-16-33(42)36(34(43)17-24)53-29-12-14-46(21-29)35-11-7-26(19-45-35)30-13-15-47(39(51)54-40(2,3)4)22-31(30)37(49)48(28-8-9-28)20-27-18-25(6-10-32(27)41)23-52-38(50)44-5/h6-7,10-11,16-19,28-31H,8-9,12-15,20-23H2,1-5H3,(H,44,50)/t29-,30+,31-/m1/s1. The summed E-state index contributed by atoms with van der Waals surface area (Å²) in [7, 11) is 1.50. The molecule has 2 aliphatic heterocycles. The Morgan fingerprint density at radius 2 is 1.69 bits per heavy atom. The van der Waals surface area contributed by atoms with Crippen LogP contribution in [0.4, 0.5) is 15.4 Å². The molecule has 14 heteroatoms. The van der Waals surface area contributed by atoms with Crippen molar-refractivity contribution in [2.75, 3.05) is 38.1 Å². The highest BCUT2D eigenvalue weighted by Crippen LogP contribution is 2.40. The minimum absolute atomic E-state index is 0.0455. The average Bonchev–Trinajstić information content (AvgIpc) is 3.87. The number of ether oxygens (including phenoxy) is 3. The number of aryl methyl sites for hydroxylation is 1. The number of nitrogens with zero attached hydrogens (tertiary/aromatic N) is 4. The molecule has 2 aromatic carbocycles. The van der Waals surface area contributed by atoms with Crippen molar-refractivity contribution >= 4 is 58.7 Å². The van der Waals surface area contributed by atoms with Crippen LogP contribution in [0.15, 0.2) is 48.7 Å². The van der Waals surface area contributed by atoms with Crippen LogP contribution in [0.1, 0.15) is 74.6 Å². The largest absolute Gasteiger partial charge is 0.485 e. The lowest BCUT2D eigenvalue weighted by molar-refractivity contribution is -0.139. The first-order valence-corrected chi connectivity index (χ1v) is 19.6. The van der Waals surface area contributed by atoms with Gasteiger partial charge in [-0.3, -0.25) is 4.79 Å². The molecule has 1 aliphatic carbocycles. The minimum Gasteiger partial charge on any atom is -0.485 e. The Morgan fingerprint density at radius 3 is 2.33 bits per heavy atom. The second-order valence-corrected chi connectivity index (χ2v) is 16.6. The molecule has 1 saturated carbocycles. The van der Waals surface area contributed by atoms with Crippen LogP contribution in [0.25, 0.3) is 0 Å². The predicted octanol–water partition coefficient (Wildman–Crippen LogP) is 8.40. The van der Waals surface area contributed by atoms with Crippen molar-refractivity contribution in [3.8, 4) is 5.75 Å². The van der Waals surface area contributed by atoms with Crippen LogP contribution in [0.3, 0.4) is 0 Å². The summed E-state index contributed by atoms with van der Waals surface area (Å²) in [6, 6.07) is 13.2. The van der Waals surface area contributed by atoms with Gasteiger partial charge in [-0.15, -0.1) is 0 Å². The van der Waals surface area contributed by atoms with Gasteiger partial charge < -0.3 is 34.2 Å². The number of rotatable bonds is 10. The monoisotopic (exact) mass is 799 g/mol. The molecule has 2 saturated heterocycles. The fourth-order valence-corrected chi connectivity index (χ4v) is 7.99. The molecule has 3 aliphatic rings. The SMILES string of the molecule is CNC(=O)OCc1ccc(Cl)c(CN(C(=O)[C@@H]2CN(C(=O)OC(C)(C)C)CC[C@H]2c2ccc(N3CC[C@@H](Oc4c(Cl)cc(C)cc4Cl)C3)nc2)C2CC2)c1. The number of likely N-dealkylation sites (tertiary alicyclic amines) is 1. The summed E-state index contributed by atoms with van der Waals surface area (Å²) in [5, 5.41) is 3.95. The van der Waals surface area contributed by atoms with E-state index in [1.54, 1.807) is 17.0 Å². The van der Waals surface area contributed by atoms with Crippen molar-refractivity contribution < 1.29 is 28.6 Å². The number of alkyl carbamates (subject to hydrolysis) is 1. The molecule has 3 atom stereocenters. The molecule has 3 fully saturated rings. The topological polar surface area (TPSA) is 114 Å². The van der Waals surface area contributed by atoms with Gasteiger partial charge in [0.1, 0.15) is 24.1 Å². The Bertz CT molecular complexity index is 1830. The molecule has 1 N–H and O–H groups in total. The van der Waals surface area contributed by atoms with Gasteiger partial charge in [-0.05, 0) is 99.5 Å². The molecule has 3 heterocycles. The van der Waals surface area contributed by atoms with Gasteiger partial charge in [0.25, 0.3) is 0 Å². The normalized spacial score (nSPS) is 20.0. The number of piperidine rings is 1.